The van der Waals surface area contributed by atoms with Crippen LogP contribution in [0.3, 0.4) is 0 Å². The van der Waals surface area contributed by atoms with Gasteiger partial charge in [0.25, 0.3) is 0 Å². The molecule has 0 aliphatic carbocycles. The zero-order valence-electron chi connectivity index (χ0n) is 8.21. The minimum absolute atomic E-state index is 0.418. The molecule has 0 unspecified atom stereocenters. The first-order valence-corrected chi connectivity index (χ1v) is 5.37. The zero-order valence-corrected chi connectivity index (χ0v) is 8.21. The van der Waals surface area contributed by atoms with Gasteiger partial charge in [-0.1, -0.05) is 6.42 Å². The minimum Gasteiger partial charge on any atom is -0.377 e. The average Bonchev–Trinajstić information content (AvgIpc) is 2.98. The minimum atomic E-state index is 0.418. The lowest BCUT2D eigenvalue weighted by Crippen LogP contribution is -2.32. The third-order valence-corrected chi connectivity index (χ3v) is 2.71. The fraction of sp³-hybridized carbons (Fsp3) is 1.00. The van der Waals surface area contributed by atoms with Crippen molar-refractivity contribution in [2.45, 2.75) is 25.4 Å². The third kappa shape index (κ3) is 3.63. The van der Waals surface area contributed by atoms with E-state index in [1.165, 1.54) is 32.4 Å². The molecule has 3 heteroatoms. The highest BCUT2D eigenvalue weighted by Crippen LogP contribution is 2.10. The van der Waals surface area contributed by atoms with Crippen LogP contribution in [0.2, 0.25) is 0 Å². The average molecular weight is 185 g/mol. The van der Waals surface area contributed by atoms with Gasteiger partial charge in [0, 0.05) is 6.54 Å². The molecular weight excluding hydrogens is 166 g/mol. The molecule has 0 saturated carbocycles. The van der Waals surface area contributed by atoms with E-state index in [1.54, 1.807) is 0 Å². The van der Waals surface area contributed by atoms with E-state index in [9.17, 15) is 0 Å². The summed E-state index contributed by atoms with van der Waals surface area (Å²) >= 11 is 0. The van der Waals surface area contributed by atoms with Gasteiger partial charge in [-0.2, -0.15) is 0 Å². The Morgan fingerprint density at radius 1 is 1.23 bits per heavy atom. The molecule has 0 aromatic rings. The molecule has 2 heterocycles. The van der Waals surface area contributed by atoms with Crippen molar-refractivity contribution in [2.75, 3.05) is 39.5 Å². The first kappa shape index (κ1) is 9.44. The number of piperidine rings is 1. The van der Waals surface area contributed by atoms with Crippen LogP contribution in [0.1, 0.15) is 19.3 Å². The topological polar surface area (TPSA) is 25.0 Å². The summed E-state index contributed by atoms with van der Waals surface area (Å²) in [5, 5.41) is 0. The number of nitrogens with zero attached hydrogens (tertiary/aromatic N) is 1. The molecule has 2 saturated heterocycles. The van der Waals surface area contributed by atoms with Crippen LogP contribution in [0.5, 0.6) is 0 Å². The van der Waals surface area contributed by atoms with Gasteiger partial charge < -0.3 is 14.4 Å². The molecular formula is C10H19NO2. The highest BCUT2D eigenvalue weighted by atomic mass is 16.6. The van der Waals surface area contributed by atoms with E-state index in [0.717, 1.165) is 26.4 Å². The Labute approximate surface area is 80.0 Å². The smallest absolute Gasteiger partial charge is 0.104 e. The van der Waals surface area contributed by atoms with Gasteiger partial charge in [0.15, 0.2) is 0 Å². The van der Waals surface area contributed by atoms with Gasteiger partial charge in [0.05, 0.1) is 19.8 Å². The molecule has 2 fully saturated rings. The summed E-state index contributed by atoms with van der Waals surface area (Å²) in [5.74, 6) is 0. The maximum atomic E-state index is 5.49. The van der Waals surface area contributed by atoms with Gasteiger partial charge in [-0.05, 0) is 25.9 Å². The van der Waals surface area contributed by atoms with E-state index in [2.05, 4.69) is 4.90 Å². The molecule has 3 nitrogen and oxygen atoms in total. The lowest BCUT2D eigenvalue weighted by atomic mass is 10.1. The maximum absolute atomic E-state index is 5.49. The summed E-state index contributed by atoms with van der Waals surface area (Å²) in [6, 6.07) is 0. The van der Waals surface area contributed by atoms with E-state index in [0.29, 0.717) is 6.10 Å². The van der Waals surface area contributed by atoms with Crippen molar-refractivity contribution in [1.82, 2.24) is 4.90 Å². The molecule has 13 heavy (non-hydrogen) atoms. The van der Waals surface area contributed by atoms with Crippen molar-refractivity contribution >= 4 is 0 Å². The van der Waals surface area contributed by atoms with Gasteiger partial charge in [-0.3, -0.25) is 0 Å². The van der Waals surface area contributed by atoms with Crippen molar-refractivity contribution in [3.8, 4) is 0 Å². The summed E-state index contributed by atoms with van der Waals surface area (Å²) in [6.45, 7) is 6.22. The van der Waals surface area contributed by atoms with Crippen LogP contribution in [-0.2, 0) is 9.47 Å². The Hall–Kier alpha value is -0.120. The van der Waals surface area contributed by atoms with E-state index < -0.39 is 0 Å². The van der Waals surface area contributed by atoms with E-state index in [-0.39, 0.29) is 0 Å². The molecule has 0 aromatic carbocycles. The molecule has 0 amide bonds. The number of epoxide rings is 1. The van der Waals surface area contributed by atoms with Crippen LogP contribution in [0.4, 0.5) is 0 Å². The van der Waals surface area contributed by atoms with E-state index >= 15 is 0 Å². The molecule has 0 N–H and O–H groups in total. The molecule has 76 valence electrons. The summed E-state index contributed by atoms with van der Waals surface area (Å²) in [4.78, 5) is 2.50. The van der Waals surface area contributed by atoms with Crippen LogP contribution >= 0.6 is 0 Å². The van der Waals surface area contributed by atoms with Gasteiger partial charge in [-0.15, -0.1) is 0 Å². The Morgan fingerprint density at radius 2 is 2.00 bits per heavy atom. The molecule has 0 aromatic heterocycles. The second-order valence-electron chi connectivity index (χ2n) is 3.93. The number of hydrogen-bond acceptors (Lipinski definition) is 3. The Balaban J connectivity index is 1.46. The molecule has 2 aliphatic heterocycles. The number of rotatable bonds is 5. The Bertz CT molecular complexity index is 142. The molecule has 1 atom stereocenters. The molecule has 0 spiro atoms. The lowest BCUT2D eigenvalue weighted by molar-refractivity contribution is 0.0855. The second-order valence-corrected chi connectivity index (χ2v) is 3.93. The molecule has 2 aliphatic rings. The zero-order chi connectivity index (χ0) is 8.93. The van der Waals surface area contributed by atoms with Crippen molar-refractivity contribution in [3.05, 3.63) is 0 Å². The SMILES string of the molecule is C1CCN(CCOC[C@@H]2CO2)CC1. The third-order valence-electron chi connectivity index (χ3n) is 2.71. The quantitative estimate of drug-likeness (QED) is 0.470. The number of hydrogen-bond donors (Lipinski definition) is 0. The largest absolute Gasteiger partial charge is 0.377 e. The first-order chi connectivity index (χ1) is 6.45. The van der Waals surface area contributed by atoms with Crippen LogP contribution in [0.15, 0.2) is 0 Å². The van der Waals surface area contributed by atoms with Crippen molar-refractivity contribution in [1.29, 1.82) is 0 Å². The van der Waals surface area contributed by atoms with E-state index in [1.807, 2.05) is 0 Å². The molecule has 0 radical (unpaired) electrons. The van der Waals surface area contributed by atoms with E-state index in [4.69, 9.17) is 9.47 Å². The Kier molecular flexibility index (Phi) is 3.58. The fourth-order valence-corrected chi connectivity index (χ4v) is 1.76. The maximum Gasteiger partial charge on any atom is 0.104 e. The second kappa shape index (κ2) is 4.94. The lowest BCUT2D eigenvalue weighted by Gasteiger charge is -2.25. The summed E-state index contributed by atoms with van der Waals surface area (Å²) < 4.78 is 10.6. The predicted octanol–water partition coefficient (Wildman–Crippen LogP) is 0.888. The highest BCUT2D eigenvalue weighted by molar-refractivity contribution is 4.68. The molecule has 0 bridgehead atoms. The van der Waals surface area contributed by atoms with Crippen LogP contribution in [0.25, 0.3) is 0 Å². The van der Waals surface area contributed by atoms with Crippen LogP contribution < -0.4 is 0 Å². The summed E-state index contributed by atoms with van der Waals surface area (Å²) in [7, 11) is 0. The highest BCUT2D eigenvalue weighted by Gasteiger charge is 2.22. The van der Waals surface area contributed by atoms with Crippen LogP contribution in [0, 0.1) is 0 Å². The van der Waals surface area contributed by atoms with Gasteiger partial charge >= 0.3 is 0 Å². The molecule has 2 rings (SSSR count). The monoisotopic (exact) mass is 185 g/mol. The fourth-order valence-electron chi connectivity index (χ4n) is 1.76. The summed E-state index contributed by atoms with van der Waals surface area (Å²) in [6.07, 6.45) is 4.56. The number of ether oxygens (including phenoxy) is 2. The van der Waals surface area contributed by atoms with Gasteiger partial charge in [0.2, 0.25) is 0 Å². The van der Waals surface area contributed by atoms with Gasteiger partial charge in [-0.25, -0.2) is 0 Å². The standard InChI is InChI=1S/C10H19NO2/c1-2-4-11(5-3-1)6-7-12-8-10-9-13-10/h10H,1-9H2/t10-/m1/s1. The first-order valence-electron chi connectivity index (χ1n) is 5.37. The van der Waals surface area contributed by atoms with Crippen molar-refractivity contribution in [3.63, 3.8) is 0 Å². The Morgan fingerprint density at radius 3 is 2.69 bits per heavy atom. The summed E-state index contributed by atoms with van der Waals surface area (Å²) in [5.41, 5.74) is 0. The van der Waals surface area contributed by atoms with Crippen molar-refractivity contribution < 1.29 is 9.47 Å². The predicted molar refractivity (Wildman–Crippen MR) is 50.9 cm³/mol. The van der Waals surface area contributed by atoms with Crippen molar-refractivity contribution in [2.24, 2.45) is 0 Å². The number of likely N-dealkylation sites (tertiary alicyclic amines) is 1. The van der Waals surface area contributed by atoms with Crippen LogP contribution in [-0.4, -0.2) is 50.5 Å². The van der Waals surface area contributed by atoms with Gasteiger partial charge in [0.1, 0.15) is 6.10 Å². The normalized spacial score (nSPS) is 29.1.